The number of rotatable bonds is 8. The average Bonchev–Trinajstić information content (AvgIpc) is 2.64. The zero-order valence-corrected chi connectivity index (χ0v) is 16.8. The fourth-order valence-electron chi connectivity index (χ4n) is 3.00. The molecule has 29 heavy (non-hydrogen) atoms. The molecule has 154 valence electrons. The molecule has 0 aliphatic heterocycles. The maximum atomic E-state index is 14.0. The molecule has 2 aromatic carbocycles. The monoisotopic (exact) mass is 399 g/mol. The van der Waals surface area contributed by atoms with Gasteiger partial charge in [-0.2, -0.15) is 0 Å². The van der Waals surface area contributed by atoms with E-state index in [-0.39, 0.29) is 18.4 Å². The van der Waals surface area contributed by atoms with E-state index < -0.39 is 35.6 Å². The minimum atomic E-state index is -1.04. The highest BCUT2D eigenvalue weighted by molar-refractivity contribution is 5.91. The molecule has 2 atom stereocenters. The van der Waals surface area contributed by atoms with Crippen molar-refractivity contribution in [2.75, 3.05) is 0 Å². The van der Waals surface area contributed by atoms with Crippen molar-refractivity contribution in [2.45, 2.75) is 45.7 Å². The summed E-state index contributed by atoms with van der Waals surface area (Å²) in [4.78, 5) is 36.2. The van der Waals surface area contributed by atoms with Crippen molar-refractivity contribution < 1.29 is 18.8 Å². The van der Waals surface area contributed by atoms with Gasteiger partial charge >= 0.3 is 0 Å². The molecule has 0 aliphatic rings. The van der Waals surface area contributed by atoms with Crippen LogP contribution in [0.1, 0.15) is 29.2 Å². The highest BCUT2D eigenvalue weighted by Crippen LogP contribution is 2.13. The van der Waals surface area contributed by atoms with Gasteiger partial charge in [-0.1, -0.05) is 36.4 Å². The third-order valence-electron chi connectivity index (χ3n) is 4.75. The van der Waals surface area contributed by atoms with Crippen LogP contribution in [0, 0.1) is 19.7 Å². The number of primary amides is 1. The second-order valence-electron chi connectivity index (χ2n) is 7.13. The van der Waals surface area contributed by atoms with Crippen LogP contribution in [0.25, 0.3) is 0 Å². The summed E-state index contributed by atoms with van der Waals surface area (Å²) in [5.74, 6) is -2.20. The Morgan fingerprint density at radius 1 is 0.966 bits per heavy atom. The summed E-state index contributed by atoms with van der Waals surface area (Å²) >= 11 is 0. The molecule has 0 aliphatic carbocycles. The molecule has 0 spiro atoms. The van der Waals surface area contributed by atoms with Gasteiger partial charge < -0.3 is 16.4 Å². The first-order valence-corrected chi connectivity index (χ1v) is 9.33. The Bertz CT molecular complexity index is 914. The van der Waals surface area contributed by atoms with Gasteiger partial charge in [-0.3, -0.25) is 14.4 Å². The minimum Gasteiger partial charge on any atom is -0.368 e. The van der Waals surface area contributed by atoms with E-state index >= 15 is 0 Å². The first-order valence-electron chi connectivity index (χ1n) is 9.33. The van der Waals surface area contributed by atoms with E-state index in [2.05, 4.69) is 10.6 Å². The molecule has 0 heterocycles. The van der Waals surface area contributed by atoms with Crippen LogP contribution < -0.4 is 16.4 Å². The minimum absolute atomic E-state index is 0.0484. The van der Waals surface area contributed by atoms with Gasteiger partial charge in [0.2, 0.25) is 17.7 Å². The number of benzene rings is 2. The quantitative estimate of drug-likeness (QED) is 0.630. The largest absolute Gasteiger partial charge is 0.368 e. The summed E-state index contributed by atoms with van der Waals surface area (Å²) in [5.41, 5.74) is 8.79. The van der Waals surface area contributed by atoms with Crippen LogP contribution in [0.2, 0.25) is 0 Å². The molecule has 6 nitrogen and oxygen atoms in total. The van der Waals surface area contributed by atoms with E-state index in [1.807, 2.05) is 32.0 Å². The molecule has 7 heteroatoms. The molecule has 0 unspecified atom stereocenters. The summed E-state index contributed by atoms with van der Waals surface area (Å²) < 4.78 is 14.0. The lowest BCUT2D eigenvalue weighted by molar-refractivity contribution is -0.130. The zero-order chi connectivity index (χ0) is 21.6. The van der Waals surface area contributed by atoms with Gasteiger partial charge in [-0.05, 0) is 42.2 Å². The normalized spacial score (nSPS) is 12.7. The topological polar surface area (TPSA) is 101 Å². The SMILES string of the molecule is CC(=O)N[C@@H](Cc1ccccc1F)C(=O)N[C@H](Cc1ccc(C)c(C)c1)C(N)=O. The van der Waals surface area contributed by atoms with Crippen LogP contribution in [-0.4, -0.2) is 29.8 Å². The van der Waals surface area contributed by atoms with Gasteiger partial charge in [-0.25, -0.2) is 4.39 Å². The molecule has 0 radical (unpaired) electrons. The fraction of sp³-hybridized carbons (Fsp3) is 0.318. The van der Waals surface area contributed by atoms with E-state index in [1.165, 1.54) is 19.1 Å². The van der Waals surface area contributed by atoms with Crippen LogP contribution in [0.3, 0.4) is 0 Å². The Balaban J connectivity index is 2.17. The van der Waals surface area contributed by atoms with Crippen LogP contribution in [0.15, 0.2) is 42.5 Å². The van der Waals surface area contributed by atoms with Crippen molar-refractivity contribution in [3.05, 3.63) is 70.5 Å². The number of nitrogens with two attached hydrogens (primary N) is 1. The van der Waals surface area contributed by atoms with E-state index in [1.54, 1.807) is 12.1 Å². The lowest BCUT2D eigenvalue weighted by Crippen LogP contribution is -2.54. The van der Waals surface area contributed by atoms with Gasteiger partial charge in [0.25, 0.3) is 0 Å². The fourth-order valence-corrected chi connectivity index (χ4v) is 3.00. The standard InChI is InChI=1S/C22H26FN3O3/c1-13-8-9-16(10-14(13)2)11-19(21(24)28)26-22(29)20(25-15(3)27)12-17-6-4-5-7-18(17)23/h4-10,19-20H,11-12H2,1-3H3,(H2,24,28)(H,25,27)(H,26,29)/t19-,20+/m1/s1. The summed E-state index contributed by atoms with van der Waals surface area (Å²) in [5, 5.41) is 5.10. The molecule has 0 aromatic heterocycles. The van der Waals surface area contributed by atoms with Crippen LogP contribution in [-0.2, 0) is 27.2 Å². The predicted molar refractivity (Wildman–Crippen MR) is 108 cm³/mol. The molecule has 0 saturated carbocycles. The molecule has 0 saturated heterocycles. The van der Waals surface area contributed by atoms with Crippen molar-refractivity contribution in [1.29, 1.82) is 0 Å². The first-order chi connectivity index (χ1) is 13.7. The van der Waals surface area contributed by atoms with Gasteiger partial charge in [0.05, 0.1) is 0 Å². The second-order valence-corrected chi connectivity index (χ2v) is 7.13. The molecule has 2 rings (SSSR count). The van der Waals surface area contributed by atoms with E-state index in [0.29, 0.717) is 0 Å². The number of carbonyl (C=O) groups excluding carboxylic acids is 3. The number of carbonyl (C=O) groups is 3. The Labute approximate surface area is 169 Å². The second kappa shape index (κ2) is 9.82. The molecule has 0 fully saturated rings. The van der Waals surface area contributed by atoms with E-state index in [0.717, 1.165) is 16.7 Å². The maximum Gasteiger partial charge on any atom is 0.243 e. The average molecular weight is 399 g/mol. The maximum absolute atomic E-state index is 14.0. The Hall–Kier alpha value is -3.22. The smallest absolute Gasteiger partial charge is 0.243 e. The highest BCUT2D eigenvalue weighted by Gasteiger charge is 2.26. The lowest BCUT2D eigenvalue weighted by atomic mass is 9.99. The third kappa shape index (κ3) is 6.41. The Morgan fingerprint density at radius 3 is 2.24 bits per heavy atom. The lowest BCUT2D eigenvalue weighted by Gasteiger charge is -2.22. The number of amides is 3. The van der Waals surface area contributed by atoms with Crippen molar-refractivity contribution in [3.63, 3.8) is 0 Å². The van der Waals surface area contributed by atoms with Gasteiger partial charge in [0, 0.05) is 19.8 Å². The Kier molecular flexibility index (Phi) is 7.47. The van der Waals surface area contributed by atoms with Crippen molar-refractivity contribution in [2.24, 2.45) is 5.73 Å². The zero-order valence-electron chi connectivity index (χ0n) is 16.8. The Morgan fingerprint density at radius 2 is 1.66 bits per heavy atom. The number of nitrogens with one attached hydrogen (secondary N) is 2. The molecule has 2 aromatic rings. The van der Waals surface area contributed by atoms with Crippen molar-refractivity contribution in [3.8, 4) is 0 Å². The summed E-state index contributed by atoms with van der Waals surface area (Å²) in [7, 11) is 0. The molecule has 0 bridgehead atoms. The number of aryl methyl sites for hydroxylation is 2. The van der Waals surface area contributed by atoms with Crippen LogP contribution in [0.5, 0.6) is 0 Å². The number of hydrogen-bond acceptors (Lipinski definition) is 3. The van der Waals surface area contributed by atoms with Gasteiger partial charge in [0.1, 0.15) is 17.9 Å². The summed E-state index contributed by atoms with van der Waals surface area (Å²) in [6.07, 6.45) is 0.169. The van der Waals surface area contributed by atoms with E-state index in [4.69, 9.17) is 5.73 Å². The first kappa shape index (κ1) is 22.1. The number of halogens is 1. The van der Waals surface area contributed by atoms with Crippen LogP contribution >= 0.6 is 0 Å². The summed E-state index contributed by atoms with van der Waals surface area (Å²) in [6.45, 7) is 5.20. The molecule has 3 amide bonds. The molecular weight excluding hydrogens is 373 g/mol. The molecule has 4 N–H and O–H groups in total. The predicted octanol–water partition coefficient (Wildman–Crippen LogP) is 1.70. The summed E-state index contributed by atoms with van der Waals surface area (Å²) in [6, 6.07) is 9.75. The van der Waals surface area contributed by atoms with Crippen molar-refractivity contribution in [1.82, 2.24) is 10.6 Å². The van der Waals surface area contributed by atoms with Crippen molar-refractivity contribution >= 4 is 17.7 Å². The molecular formula is C22H26FN3O3. The van der Waals surface area contributed by atoms with Crippen LogP contribution in [0.4, 0.5) is 4.39 Å². The number of hydrogen-bond donors (Lipinski definition) is 3. The van der Waals surface area contributed by atoms with Gasteiger partial charge in [0.15, 0.2) is 0 Å². The van der Waals surface area contributed by atoms with E-state index in [9.17, 15) is 18.8 Å². The van der Waals surface area contributed by atoms with Gasteiger partial charge in [-0.15, -0.1) is 0 Å². The third-order valence-corrected chi connectivity index (χ3v) is 4.75. The highest BCUT2D eigenvalue weighted by atomic mass is 19.1.